The fourth-order valence-electron chi connectivity index (χ4n) is 3.96. The molecule has 0 aliphatic rings. The van der Waals surface area contributed by atoms with E-state index in [9.17, 15) is 0 Å². The highest BCUT2D eigenvalue weighted by molar-refractivity contribution is 8.00. The zero-order chi connectivity index (χ0) is 25.8. The van der Waals surface area contributed by atoms with Crippen molar-refractivity contribution in [1.29, 1.82) is 0 Å². The Morgan fingerprint density at radius 2 is 1.86 bits per heavy atom. The first-order valence-electron chi connectivity index (χ1n) is 12.1. The molecule has 188 valence electrons. The summed E-state index contributed by atoms with van der Waals surface area (Å²) in [5, 5.41) is 8.14. The average Bonchev–Trinajstić information content (AvgIpc) is 3.07. The summed E-state index contributed by atoms with van der Waals surface area (Å²) in [6.07, 6.45) is 3.60. The minimum Gasteiger partial charge on any atom is -0.368 e. The van der Waals surface area contributed by atoms with E-state index in [1.807, 2.05) is 37.2 Å². The number of rotatable bonds is 8. The molecule has 2 aromatic carbocycles. The second kappa shape index (κ2) is 11.5. The molecule has 3 aromatic rings. The van der Waals surface area contributed by atoms with Gasteiger partial charge in [-0.25, -0.2) is 5.01 Å². The summed E-state index contributed by atoms with van der Waals surface area (Å²) in [4.78, 5) is 5.35. The number of hydrazone groups is 1. The molecule has 0 aliphatic carbocycles. The zero-order valence-electron chi connectivity index (χ0n) is 22.0. The van der Waals surface area contributed by atoms with E-state index in [-0.39, 0.29) is 4.75 Å². The Morgan fingerprint density at radius 3 is 2.46 bits per heavy atom. The number of hydrogen-bond acceptors (Lipinski definition) is 3. The summed E-state index contributed by atoms with van der Waals surface area (Å²) in [5.41, 5.74) is 11.1. The minimum atomic E-state index is 0.0856. The Balaban J connectivity index is 2.10. The van der Waals surface area contributed by atoms with Gasteiger partial charge in [-0.05, 0) is 54.2 Å². The molecule has 0 unspecified atom stereocenters. The van der Waals surface area contributed by atoms with Crippen LogP contribution in [0.4, 0.5) is 0 Å². The van der Waals surface area contributed by atoms with E-state index in [2.05, 4.69) is 79.6 Å². The van der Waals surface area contributed by atoms with Crippen molar-refractivity contribution in [3.8, 4) is 0 Å². The van der Waals surface area contributed by atoms with Crippen LogP contribution in [0.15, 0.2) is 57.5 Å². The van der Waals surface area contributed by atoms with Crippen LogP contribution in [0, 0.1) is 0 Å². The van der Waals surface area contributed by atoms with Crippen molar-refractivity contribution in [2.45, 2.75) is 69.6 Å². The Bertz CT molecular complexity index is 1200. The normalized spacial score (nSPS) is 12.9. The zero-order valence-corrected chi connectivity index (χ0v) is 23.5. The number of hydrogen-bond donors (Lipinski definition) is 1. The molecule has 0 saturated carbocycles. The van der Waals surface area contributed by atoms with Gasteiger partial charge in [0.25, 0.3) is 0 Å². The van der Waals surface area contributed by atoms with Gasteiger partial charge in [0.05, 0.1) is 0 Å². The van der Waals surface area contributed by atoms with E-state index in [0.717, 1.165) is 24.4 Å². The van der Waals surface area contributed by atoms with Crippen molar-refractivity contribution < 1.29 is 0 Å². The van der Waals surface area contributed by atoms with Gasteiger partial charge >= 0.3 is 0 Å². The quantitative estimate of drug-likeness (QED) is 0.151. The Hall–Kier alpha value is -2.44. The number of aromatic nitrogens is 1. The van der Waals surface area contributed by atoms with Gasteiger partial charge in [-0.1, -0.05) is 64.4 Å². The first-order chi connectivity index (χ1) is 16.5. The van der Waals surface area contributed by atoms with Crippen LogP contribution in [-0.4, -0.2) is 40.6 Å². The summed E-state index contributed by atoms with van der Waals surface area (Å²) in [6, 6.07) is 15.1. The monoisotopic (exact) mass is 511 g/mol. The molecule has 0 radical (unpaired) electrons. The van der Waals surface area contributed by atoms with Crippen molar-refractivity contribution in [3.63, 3.8) is 0 Å². The standard InChI is InChI=1S/C28H38ClN5S/c1-19(2)21-12-15-24-23(17-21)26(35-28(3,4)5)25(9-8-16-32-33(7)27(30)31-6)34(24)18-20-10-13-22(29)14-11-20/h10-17,19H,8-9,18H2,1-7H3,(H2,30,31)/b32-16+. The summed E-state index contributed by atoms with van der Waals surface area (Å²) in [7, 11) is 3.47. The lowest BCUT2D eigenvalue weighted by molar-refractivity contribution is 0.537. The van der Waals surface area contributed by atoms with Gasteiger partial charge in [-0.15, -0.1) is 11.8 Å². The van der Waals surface area contributed by atoms with E-state index in [4.69, 9.17) is 17.3 Å². The summed E-state index contributed by atoms with van der Waals surface area (Å²) in [6.45, 7) is 12.1. The maximum absolute atomic E-state index is 6.16. The number of halogens is 1. The highest BCUT2D eigenvalue weighted by Gasteiger charge is 2.23. The van der Waals surface area contributed by atoms with Gasteiger partial charge in [-0.3, -0.25) is 4.99 Å². The molecular formula is C28H38ClN5S. The maximum atomic E-state index is 6.16. The molecule has 0 aliphatic heterocycles. The second-order valence-corrected chi connectivity index (χ2v) is 12.3. The average molecular weight is 512 g/mol. The minimum absolute atomic E-state index is 0.0856. The van der Waals surface area contributed by atoms with Crippen LogP contribution in [0.2, 0.25) is 5.02 Å². The Morgan fingerprint density at radius 1 is 1.17 bits per heavy atom. The Labute approximate surface area is 219 Å². The molecule has 1 heterocycles. The van der Waals surface area contributed by atoms with Crippen LogP contribution in [0.25, 0.3) is 10.9 Å². The van der Waals surface area contributed by atoms with Gasteiger partial charge in [0.15, 0.2) is 0 Å². The van der Waals surface area contributed by atoms with Gasteiger partial charge in [0.1, 0.15) is 0 Å². The number of guanidine groups is 1. The molecule has 7 heteroatoms. The number of nitrogens with two attached hydrogens (primary N) is 1. The summed E-state index contributed by atoms with van der Waals surface area (Å²) >= 11 is 8.11. The molecule has 3 rings (SSSR count). The van der Waals surface area contributed by atoms with Crippen LogP contribution in [0.1, 0.15) is 63.8 Å². The topological polar surface area (TPSA) is 58.9 Å². The fraction of sp³-hybridized carbons (Fsp3) is 0.429. The van der Waals surface area contributed by atoms with E-state index >= 15 is 0 Å². The summed E-state index contributed by atoms with van der Waals surface area (Å²) < 4.78 is 2.55. The highest BCUT2D eigenvalue weighted by atomic mass is 35.5. The van der Waals surface area contributed by atoms with Crippen molar-refractivity contribution in [3.05, 3.63) is 64.3 Å². The number of benzene rings is 2. The van der Waals surface area contributed by atoms with Crippen LogP contribution < -0.4 is 5.73 Å². The van der Waals surface area contributed by atoms with Crippen LogP contribution in [0.5, 0.6) is 0 Å². The van der Waals surface area contributed by atoms with Crippen molar-refractivity contribution >= 4 is 46.4 Å². The first-order valence-corrected chi connectivity index (χ1v) is 13.3. The van der Waals surface area contributed by atoms with Crippen LogP contribution in [-0.2, 0) is 13.0 Å². The van der Waals surface area contributed by atoms with E-state index in [1.165, 1.54) is 32.6 Å². The molecule has 5 nitrogen and oxygen atoms in total. The third-order valence-electron chi connectivity index (χ3n) is 5.80. The lowest BCUT2D eigenvalue weighted by Gasteiger charge is -2.19. The predicted octanol–water partition coefficient (Wildman–Crippen LogP) is 7.15. The third-order valence-corrected chi connectivity index (χ3v) is 7.32. The number of thioether (sulfide) groups is 1. The SMILES string of the molecule is CN=C(N)N(C)/N=C/CCc1c(SC(C)(C)C)c2cc(C(C)C)ccc2n1Cc1ccc(Cl)cc1. The number of fused-ring (bicyclic) bond motifs is 1. The van der Waals surface area contributed by atoms with Gasteiger partial charge in [-0.2, -0.15) is 5.10 Å². The molecule has 0 bridgehead atoms. The second-order valence-electron chi connectivity index (χ2n) is 10.1. The molecule has 0 amide bonds. The lowest BCUT2D eigenvalue weighted by Crippen LogP contribution is -2.29. The van der Waals surface area contributed by atoms with Crippen molar-refractivity contribution in [2.75, 3.05) is 14.1 Å². The smallest absolute Gasteiger partial charge is 0.211 e. The fourth-order valence-corrected chi connectivity index (χ4v) is 5.30. The van der Waals surface area contributed by atoms with Crippen LogP contribution in [0.3, 0.4) is 0 Å². The lowest BCUT2D eigenvalue weighted by atomic mass is 10.0. The van der Waals surface area contributed by atoms with Gasteiger partial charge in [0.2, 0.25) is 5.96 Å². The van der Waals surface area contributed by atoms with Gasteiger partial charge < -0.3 is 10.3 Å². The van der Waals surface area contributed by atoms with Crippen molar-refractivity contribution in [2.24, 2.45) is 15.8 Å². The molecule has 1 aromatic heterocycles. The summed E-state index contributed by atoms with van der Waals surface area (Å²) in [5.74, 6) is 0.867. The van der Waals surface area contributed by atoms with E-state index in [1.54, 1.807) is 12.1 Å². The van der Waals surface area contributed by atoms with Crippen molar-refractivity contribution in [1.82, 2.24) is 9.58 Å². The largest absolute Gasteiger partial charge is 0.368 e. The van der Waals surface area contributed by atoms with Gasteiger partial charge in [0, 0.05) is 58.1 Å². The molecule has 2 N–H and O–H groups in total. The maximum Gasteiger partial charge on any atom is 0.211 e. The highest BCUT2D eigenvalue weighted by Crippen LogP contribution is 2.42. The molecule has 0 spiro atoms. The molecule has 35 heavy (non-hydrogen) atoms. The third kappa shape index (κ3) is 7.05. The number of aliphatic imine (C=N–C) groups is 1. The first kappa shape index (κ1) is 27.2. The molecule has 0 saturated heterocycles. The number of nitrogens with zero attached hydrogens (tertiary/aromatic N) is 4. The molecule has 0 atom stereocenters. The van der Waals surface area contributed by atoms with E-state index < -0.39 is 0 Å². The van der Waals surface area contributed by atoms with E-state index in [0.29, 0.717) is 11.9 Å². The predicted molar refractivity (Wildman–Crippen MR) is 154 cm³/mol. The molecule has 0 fully saturated rings. The molecular weight excluding hydrogens is 474 g/mol. The van der Waals surface area contributed by atoms with Crippen LogP contribution >= 0.6 is 23.4 Å². The Kier molecular flexibility index (Phi) is 8.94.